The lowest BCUT2D eigenvalue weighted by molar-refractivity contribution is -0.115. The van der Waals surface area contributed by atoms with Crippen LogP contribution in [0.1, 0.15) is 5.56 Å². The molecule has 120 valence electrons. The number of halogens is 1. The van der Waals surface area contributed by atoms with Crippen molar-refractivity contribution in [3.8, 4) is 0 Å². The number of hydrogen-bond donors (Lipinski definition) is 2. The van der Waals surface area contributed by atoms with Gasteiger partial charge in [0.1, 0.15) is 5.82 Å². The fourth-order valence-corrected chi connectivity index (χ4v) is 2.15. The normalized spacial score (nSPS) is 10.2. The van der Waals surface area contributed by atoms with E-state index in [-0.39, 0.29) is 18.1 Å². The smallest absolute Gasteiger partial charge is 0.229 e. The van der Waals surface area contributed by atoms with E-state index in [1.165, 1.54) is 12.1 Å². The van der Waals surface area contributed by atoms with Crippen LogP contribution in [-0.2, 0) is 11.2 Å². The molecule has 0 aliphatic rings. The molecule has 0 spiro atoms. The van der Waals surface area contributed by atoms with Crippen molar-refractivity contribution in [1.29, 1.82) is 0 Å². The molecule has 0 radical (unpaired) electrons. The molecule has 1 aromatic heterocycles. The molecule has 24 heavy (non-hydrogen) atoms. The highest BCUT2D eigenvalue weighted by Crippen LogP contribution is 2.14. The van der Waals surface area contributed by atoms with E-state index in [4.69, 9.17) is 0 Å². The Bertz CT molecular complexity index is 822. The van der Waals surface area contributed by atoms with E-state index in [9.17, 15) is 9.18 Å². The minimum atomic E-state index is -0.364. The summed E-state index contributed by atoms with van der Waals surface area (Å²) in [6, 6.07) is 18.9. The van der Waals surface area contributed by atoms with E-state index in [1.54, 1.807) is 24.3 Å². The van der Waals surface area contributed by atoms with Crippen molar-refractivity contribution in [1.82, 2.24) is 10.2 Å². The summed E-state index contributed by atoms with van der Waals surface area (Å²) in [5.41, 5.74) is 1.50. The third-order valence-corrected chi connectivity index (χ3v) is 3.23. The molecule has 0 unspecified atom stereocenters. The molecule has 2 aromatic carbocycles. The molecule has 0 aliphatic heterocycles. The Morgan fingerprint density at radius 3 is 2.38 bits per heavy atom. The van der Waals surface area contributed by atoms with Gasteiger partial charge in [-0.3, -0.25) is 4.79 Å². The number of hydrogen-bond acceptors (Lipinski definition) is 4. The number of para-hydroxylation sites is 1. The summed E-state index contributed by atoms with van der Waals surface area (Å²) < 4.78 is 13.1. The van der Waals surface area contributed by atoms with Crippen LogP contribution in [-0.4, -0.2) is 16.1 Å². The summed E-state index contributed by atoms with van der Waals surface area (Å²) in [6.07, 6.45) is 0.0729. The van der Waals surface area contributed by atoms with Gasteiger partial charge in [-0.05, 0) is 42.0 Å². The molecule has 0 saturated carbocycles. The van der Waals surface area contributed by atoms with Crippen molar-refractivity contribution in [2.45, 2.75) is 6.42 Å². The first kappa shape index (κ1) is 15.6. The number of benzene rings is 2. The van der Waals surface area contributed by atoms with Gasteiger partial charge >= 0.3 is 0 Å². The lowest BCUT2D eigenvalue weighted by Gasteiger charge is -2.07. The molecule has 0 atom stereocenters. The number of anilines is 3. The number of nitrogens with zero attached hydrogens (tertiary/aromatic N) is 2. The molecular weight excluding hydrogens is 307 g/mol. The predicted molar refractivity (Wildman–Crippen MR) is 90.5 cm³/mol. The molecule has 1 heterocycles. The fourth-order valence-electron chi connectivity index (χ4n) is 2.15. The third kappa shape index (κ3) is 4.36. The van der Waals surface area contributed by atoms with Crippen LogP contribution in [0.5, 0.6) is 0 Å². The summed E-state index contributed by atoms with van der Waals surface area (Å²) in [7, 11) is 0. The number of amides is 1. The van der Waals surface area contributed by atoms with Gasteiger partial charge < -0.3 is 10.6 Å². The van der Waals surface area contributed by atoms with Crippen LogP contribution in [0.2, 0.25) is 0 Å². The number of carbonyl (C=O) groups excluding carboxylic acids is 1. The highest BCUT2D eigenvalue weighted by molar-refractivity contribution is 5.91. The topological polar surface area (TPSA) is 66.9 Å². The van der Waals surface area contributed by atoms with Gasteiger partial charge in [-0.2, -0.15) is 0 Å². The quantitative estimate of drug-likeness (QED) is 0.754. The molecule has 6 heteroatoms. The zero-order valence-corrected chi connectivity index (χ0v) is 12.7. The molecule has 5 nitrogen and oxygen atoms in total. The van der Waals surface area contributed by atoms with Gasteiger partial charge in [0.2, 0.25) is 5.91 Å². The van der Waals surface area contributed by atoms with Crippen LogP contribution in [0.3, 0.4) is 0 Å². The Hall–Kier alpha value is -3.28. The van der Waals surface area contributed by atoms with E-state index in [2.05, 4.69) is 20.8 Å². The van der Waals surface area contributed by atoms with E-state index < -0.39 is 0 Å². The van der Waals surface area contributed by atoms with Gasteiger partial charge in [0.05, 0.1) is 6.42 Å². The maximum atomic E-state index is 13.1. The molecule has 3 rings (SSSR count). The van der Waals surface area contributed by atoms with Gasteiger partial charge in [-0.1, -0.05) is 30.3 Å². The molecule has 2 N–H and O–H groups in total. The molecular formula is C18H15FN4O. The molecule has 3 aromatic rings. The predicted octanol–water partition coefficient (Wildman–Crippen LogP) is 3.54. The van der Waals surface area contributed by atoms with E-state index in [0.717, 1.165) is 5.69 Å². The number of aromatic nitrogens is 2. The van der Waals surface area contributed by atoms with E-state index in [1.807, 2.05) is 30.3 Å². The maximum absolute atomic E-state index is 13.1. The Balaban J connectivity index is 1.58. The van der Waals surface area contributed by atoms with Crippen molar-refractivity contribution in [2.24, 2.45) is 0 Å². The first-order chi connectivity index (χ1) is 11.7. The Morgan fingerprint density at radius 2 is 1.67 bits per heavy atom. The molecule has 0 aliphatic carbocycles. The molecule has 0 saturated heterocycles. The second kappa shape index (κ2) is 7.32. The van der Waals surface area contributed by atoms with Crippen molar-refractivity contribution in [3.63, 3.8) is 0 Å². The molecule has 1 amide bonds. The maximum Gasteiger partial charge on any atom is 0.229 e. The van der Waals surface area contributed by atoms with Crippen LogP contribution in [0.15, 0.2) is 66.7 Å². The highest BCUT2D eigenvalue weighted by Gasteiger charge is 2.06. The van der Waals surface area contributed by atoms with Crippen molar-refractivity contribution in [3.05, 3.63) is 78.1 Å². The monoisotopic (exact) mass is 322 g/mol. The lowest BCUT2D eigenvalue weighted by atomic mass is 10.1. The van der Waals surface area contributed by atoms with Gasteiger partial charge in [0.15, 0.2) is 11.6 Å². The van der Waals surface area contributed by atoms with Crippen LogP contribution < -0.4 is 10.6 Å². The standard InChI is InChI=1S/C18H15FN4O/c19-14-6-4-5-13(11-14)12-18(24)21-17-10-9-16(22-23-17)20-15-7-2-1-3-8-15/h1-11H,12H2,(H,20,22)(H,21,23,24). The SMILES string of the molecule is O=C(Cc1cccc(F)c1)Nc1ccc(Nc2ccccc2)nn1. The van der Waals surface area contributed by atoms with Gasteiger partial charge in [0.25, 0.3) is 0 Å². The van der Waals surface area contributed by atoms with Crippen LogP contribution >= 0.6 is 0 Å². The summed E-state index contributed by atoms with van der Waals surface area (Å²) in [5, 5.41) is 13.7. The summed E-state index contributed by atoms with van der Waals surface area (Å²) in [4.78, 5) is 12.0. The van der Waals surface area contributed by atoms with Crippen molar-refractivity contribution >= 4 is 23.2 Å². The second-order valence-corrected chi connectivity index (χ2v) is 5.15. The second-order valence-electron chi connectivity index (χ2n) is 5.15. The van der Waals surface area contributed by atoms with Gasteiger partial charge in [-0.15, -0.1) is 10.2 Å². The van der Waals surface area contributed by atoms with Crippen molar-refractivity contribution < 1.29 is 9.18 Å². The first-order valence-electron chi connectivity index (χ1n) is 7.39. The van der Waals surface area contributed by atoms with Crippen LogP contribution in [0.25, 0.3) is 0 Å². The minimum Gasteiger partial charge on any atom is -0.339 e. The summed E-state index contributed by atoms with van der Waals surface area (Å²) >= 11 is 0. The molecule has 0 bridgehead atoms. The van der Waals surface area contributed by atoms with E-state index in [0.29, 0.717) is 17.2 Å². The Morgan fingerprint density at radius 1 is 0.917 bits per heavy atom. The summed E-state index contributed by atoms with van der Waals surface area (Å²) in [5.74, 6) is 0.273. The highest BCUT2D eigenvalue weighted by atomic mass is 19.1. The lowest BCUT2D eigenvalue weighted by Crippen LogP contribution is -2.15. The number of rotatable bonds is 5. The third-order valence-electron chi connectivity index (χ3n) is 3.23. The number of nitrogens with one attached hydrogen (secondary N) is 2. The zero-order chi connectivity index (χ0) is 16.8. The average molecular weight is 322 g/mol. The fraction of sp³-hybridized carbons (Fsp3) is 0.0556. The minimum absolute atomic E-state index is 0.0729. The molecule has 0 fully saturated rings. The van der Waals surface area contributed by atoms with E-state index >= 15 is 0 Å². The summed E-state index contributed by atoms with van der Waals surface area (Å²) in [6.45, 7) is 0. The van der Waals surface area contributed by atoms with Crippen LogP contribution in [0.4, 0.5) is 21.7 Å². The Labute approximate surface area is 138 Å². The first-order valence-corrected chi connectivity index (χ1v) is 7.39. The van der Waals surface area contributed by atoms with Gasteiger partial charge in [0, 0.05) is 5.69 Å². The largest absolute Gasteiger partial charge is 0.339 e. The average Bonchev–Trinajstić information content (AvgIpc) is 2.57. The van der Waals surface area contributed by atoms with Gasteiger partial charge in [-0.25, -0.2) is 4.39 Å². The Kier molecular flexibility index (Phi) is 4.76. The zero-order valence-electron chi connectivity index (χ0n) is 12.7. The van der Waals surface area contributed by atoms with Crippen molar-refractivity contribution in [2.75, 3.05) is 10.6 Å². The number of carbonyl (C=O) groups is 1. The van der Waals surface area contributed by atoms with Crippen LogP contribution in [0, 0.1) is 5.82 Å².